The van der Waals surface area contributed by atoms with Gasteiger partial charge in [-0.25, -0.2) is 4.98 Å². The van der Waals surface area contributed by atoms with E-state index in [0.29, 0.717) is 29.7 Å². The number of aromatic hydroxyl groups is 2. The number of hydrogen-bond donors (Lipinski definition) is 13. The highest BCUT2D eigenvalue weighted by atomic mass is 16.4. The number of rotatable bonds is 27. The Labute approximate surface area is 404 Å². The van der Waals surface area contributed by atoms with Gasteiger partial charge in [0.2, 0.25) is 41.4 Å². The average Bonchev–Trinajstić information content (AvgIpc) is 4.03. The predicted molar refractivity (Wildman–Crippen MR) is 254 cm³/mol. The number of hydrogen-bond acceptors (Lipinski definition) is 13. The van der Waals surface area contributed by atoms with Crippen LogP contribution in [0.25, 0.3) is 0 Å². The fraction of sp³-hybridized carbons (Fsp3) is 0.478. The number of carboxylic acids is 1. The van der Waals surface area contributed by atoms with Crippen LogP contribution in [0.1, 0.15) is 69.2 Å². The van der Waals surface area contributed by atoms with Gasteiger partial charge in [-0.15, -0.1) is 0 Å². The van der Waals surface area contributed by atoms with Gasteiger partial charge >= 0.3 is 5.97 Å². The first kappa shape index (κ1) is 54.8. The number of aromatic amines is 1. The fourth-order valence-electron chi connectivity index (χ4n) is 7.81. The molecule has 7 atom stereocenters. The van der Waals surface area contributed by atoms with Crippen LogP contribution in [0.2, 0.25) is 0 Å². The number of phenolic OH excluding ortho intramolecular Hbond substituents is 2. The van der Waals surface area contributed by atoms with Gasteiger partial charge < -0.3 is 74.3 Å². The molecule has 1 aliphatic rings. The number of carboxylic acid groups (broad SMARTS) is 1. The third kappa shape index (κ3) is 17.1. The first-order chi connectivity index (χ1) is 33.3. The Morgan fingerprint density at radius 2 is 1.26 bits per heavy atom. The van der Waals surface area contributed by atoms with Crippen LogP contribution in [0.15, 0.2) is 66.0 Å². The van der Waals surface area contributed by atoms with Gasteiger partial charge in [0.15, 0.2) is 5.96 Å². The van der Waals surface area contributed by atoms with Gasteiger partial charge in [-0.3, -0.25) is 43.3 Å². The standard InChI is InChI=1S/C46H65N13O11/c1-25(2)38(58-41(66)32(6-4-18-52-46(48)49)54-40(65)31(50-3)16-17-37(62)63)44(69)56-34(21-27-10-14-30(61)15-11-27)42(67)55-33(20-26-8-12-29(60)13-9-26)43(68)57-35(22-28-23-51-24-53-28)45(70)59-19-5-7-36(59)39(47)64/h8-15,23-25,31-36,38,50,60-61H,4-7,16-22H2,1-3H3,(H2,47,64)(H,51,53)(H,54,65)(H,55,67)(H,56,69)(H,57,68)(H,58,66)(H,62,63)(H4,48,49,52)/t31-,32-,33-,34-,35-,36-,38-/m0/s1. The molecule has 0 bridgehead atoms. The van der Waals surface area contributed by atoms with Gasteiger partial charge in [0, 0.05) is 50.7 Å². The largest absolute Gasteiger partial charge is 0.508 e. The number of imidazole rings is 1. The zero-order valence-electron chi connectivity index (χ0n) is 39.4. The molecule has 7 amide bonds. The first-order valence-electron chi connectivity index (χ1n) is 22.8. The molecule has 0 saturated carbocycles. The normalized spacial score (nSPS) is 15.8. The topological polar surface area (TPSA) is 392 Å². The molecule has 0 radical (unpaired) electrons. The number of phenols is 2. The second kappa shape index (κ2) is 26.7. The molecule has 1 saturated heterocycles. The van der Waals surface area contributed by atoms with Crippen molar-refractivity contribution >= 4 is 53.3 Å². The van der Waals surface area contributed by atoms with E-state index >= 15 is 0 Å². The van der Waals surface area contributed by atoms with Gasteiger partial charge in [0.1, 0.15) is 47.8 Å². The Hall–Kier alpha value is -7.76. The maximum atomic E-state index is 14.6. The highest BCUT2D eigenvalue weighted by Gasteiger charge is 2.39. The monoisotopic (exact) mass is 975 g/mol. The molecule has 3 aromatic rings. The number of aromatic nitrogens is 2. The summed E-state index contributed by atoms with van der Waals surface area (Å²) in [6.07, 6.45) is 3.09. The van der Waals surface area contributed by atoms with Gasteiger partial charge in [-0.05, 0) is 80.5 Å². The van der Waals surface area contributed by atoms with Gasteiger partial charge in [0.25, 0.3) is 0 Å². The molecule has 1 fully saturated rings. The van der Waals surface area contributed by atoms with Crippen molar-refractivity contribution in [1.29, 1.82) is 0 Å². The Bertz CT molecular complexity index is 2290. The lowest BCUT2D eigenvalue weighted by Gasteiger charge is -2.30. The molecule has 24 nitrogen and oxygen atoms in total. The van der Waals surface area contributed by atoms with Crippen molar-refractivity contribution in [2.75, 3.05) is 20.1 Å². The van der Waals surface area contributed by atoms with E-state index in [1.165, 1.54) is 73.0 Å². The Kier molecular flexibility index (Phi) is 20.9. The van der Waals surface area contributed by atoms with Crippen LogP contribution < -0.4 is 49.1 Å². The minimum atomic E-state index is -1.44. The van der Waals surface area contributed by atoms with Crippen LogP contribution in [0.4, 0.5) is 0 Å². The number of benzene rings is 2. The van der Waals surface area contributed by atoms with E-state index in [1.54, 1.807) is 13.8 Å². The Morgan fingerprint density at radius 3 is 1.76 bits per heavy atom. The van der Waals surface area contributed by atoms with Gasteiger partial charge in [-0.2, -0.15) is 0 Å². The second-order valence-corrected chi connectivity index (χ2v) is 17.3. The summed E-state index contributed by atoms with van der Waals surface area (Å²) in [6.45, 7) is 3.59. The highest BCUT2D eigenvalue weighted by molar-refractivity contribution is 5.97. The number of amides is 7. The van der Waals surface area contributed by atoms with Crippen molar-refractivity contribution in [3.63, 3.8) is 0 Å². The molecule has 24 heteroatoms. The third-order valence-electron chi connectivity index (χ3n) is 11.6. The van der Waals surface area contributed by atoms with Crippen LogP contribution >= 0.6 is 0 Å². The maximum Gasteiger partial charge on any atom is 0.303 e. The number of likely N-dealkylation sites (tertiary alicyclic amines) is 1. The van der Waals surface area contributed by atoms with E-state index in [-0.39, 0.29) is 75.5 Å². The molecule has 0 spiro atoms. The highest BCUT2D eigenvalue weighted by Crippen LogP contribution is 2.20. The molecular formula is C46H65N13O11. The molecule has 0 unspecified atom stereocenters. The number of aliphatic imine (C=N–C) groups is 1. The van der Waals surface area contributed by atoms with Crippen molar-refractivity contribution in [3.8, 4) is 11.5 Å². The first-order valence-corrected chi connectivity index (χ1v) is 22.8. The average molecular weight is 976 g/mol. The van der Waals surface area contributed by atoms with Crippen LogP contribution in [-0.2, 0) is 57.6 Å². The summed E-state index contributed by atoms with van der Waals surface area (Å²) in [4.78, 5) is 121. The predicted octanol–water partition coefficient (Wildman–Crippen LogP) is -2.09. The number of nitrogens with one attached hydrogen (secondary N) is 7. The Morgan fingerprint density at radius 1 is 0.729 bits per heavy atom. The summed E-state index contributed by atoms with van der Waals surface area (Å²) in [5.74, 6) is -7.28. The molecule has 380 valence electrons. The number of carbonyl (C=O) groups excluding carboxylic acids is 7. The van der Waals surface area contributed by atoms with Crippen LogP contribution in [0.3, 0.4) is 0 Å². The zero-order valence-corrected chi connectivity index (χ0v) is 39.4. The number of carbonyl (C=O) groups is 8. The molecule has 2 aromatic carbocycles. The minimum Gasteiger partial charge on any atom is -0.508 e. The van der Waals surface area contributed by atoms with Crippen molar-refractivity contribution in [2.45, 2.75) is 114 Å². The lowest BCUT2D eigenvalue weighted by atomic mass is 9.99. The summed E-state index contributed by atoms with van der Waals surface area (Å²) in [5.41, 5.74) is 18.0. The van der Waals surface area contributed by atoms with Crippen molar-refractivity contribution < 1.29 is 53.7 Å². The number of H-pyrrole nitrogens is 1. The molecule has 70 heavy (non-hydrogen) atoms. The minimum absolute atomic E-state index is 0.00458. The summed E-state index contributed by atoms with van der Waals surface area (Å²) in [7, 11) is 1.46. The molecule has 1 aliphatic heterocycles. The molecule has 4 rings (SSSR count). The van der Waals surface area contributed by atoms with Crippen molar-refractivity contribution in [2.24, 2.45) is 28.1 Å². The second-order valence-electron chi connectivity index (χ2n) is 17.3. The maximum absolute atomic E-state index is 14.6. The number of nitrogens with two attached hydrogens (primary N) is 3. The van der Waals surface area contributed by atoms with E-state index in [0.717, 1.165) is 0 Å². The smallest absolute Gasteiger partial charge is 0.303 e. The number of primary amides is 1. The van der Waals surface area contributed by atoms with Crippen molar-refractivity contribution in [1.82, 2.24) is 46.8 Å². The van der Waals surface area contributed by atoms with E-state index in [9.17, 15) is 53.7 Å². The van der Waals surface area contributed by atoms with Gasteiger partial charge in [0.05, 0.1) is 12.4 Å². The molecule has 0 aliphatic carbocycles. The van der Waals surface area contributed by atoms with E-state index < -0.39 is 95.5 Å². The van der Waals surface area contributed by atoms with Crippen LogP contribution in [0, 0.1) is 5.92 Å². The third-order valence-corrected chi connectivity index (χ3v) is 11.6. The van der Waals surface area contributed by atoms with Crippen LogP contribution in [-0.4, -0.2) is 146 Å². The van der Waals surface area contributed by atoms with Crippen molar-refractivity contribution in [3.05, 3.63) is 77.9 Å². The molecule has 16 N–H and O–H groups in total. The quantitative estimate of drug-likeness (QED) is 0.0221. The summed E-state index contributed by atoms with van der Waals surface area (Å²) in [6, 6.07) is 3.12. The Balaban J connectivity index is 1.64. The van der Waals surface area contributed by atoms with Crippen LogP contribution in [0.5, 0.6) is 11.5 Å². The number of aliphatic carboxylic acids is 1. The summed E-state index contributed by atoms with van der Waals surface area (Å²) < 4.78 is 0. The fourth-order valence-corrected chi connectivity index (χ4v) is 7.81. The molecule has 1 aromatic heterocycles. The summed E-state index contributed by atoms with van der Waals surface area (Å²) in [5, 5.41) is 45.5. The summed E-state index contributed by atoms with van der Waals surface area (Å²) >= 11 is 0. The zero-order chi connectivity index (χ0) is 51.5. The lowest BCUT2D eigenvalue weighted by Crippen LogP contribution is -2.61. The number of likely N-dealkylation sites (N-methyl/N-ethyl adjacent to an activating group) is 1. The van der Waals surface area contributed by atoms with E-state index in [1.807, 2.05) is 0 Å². The molecular weight excluding hydrogens is 911 g/mol. The lowest BCUT2D eigenvalue weighted by molar-refractivity contribution is -0.141. The number of nitrogens with zero attached hydrogens (tertiary/aromatic N) is 3. The SMILES string of the molecule is CN[C@@H](CCC(=O)O)C(=O)N[C@@H](CCCN=C(N)N)C(=O)N[C@H](C(=O)N[C@@H](Cc1ccc(O)cc1)C(=O)N[C@@H](Cc1ccc(O)cc1)C(=O)N[C@@H](Cc1cnc[nH]1)C(=O)N1CCC[C@H]1C(N)=O)C(C)C. The van der Waals surface area contributed by atoms with E-state index in [2.05, 4.69) is 46.9 Å². The van der Waals surface area contributed by atoms with E-state index in [4.69, 9.17) is 17.2 Å². The molecule has 2 heterocycles. The number of guanidine groups is 1. The van der Waals surface area contributed by atoms with Gasteiger partial charge in [-0.1, -0.05) is 38.1 Å².